The van der Waals surface area contributed by atoms with Gasteiger partial charge in [0.1, 0.15) is 5.75 Å². The molecule has 0 spiro atoms. The Morgan fingerprint density at radius 1 is 1.57 bits per heavy atom. The molecule has 0 aliphatic rings. The molecule has 76 valence electrons. The average molecular weight is 194 g/mol. The molecule has 1 heterocycles. The third-order valence-corrected chi connectivity index (χ3v) is 1.60. The first-order chi connectivity index (χ1) is 6.58. The lowest BCUT2D eigenvalue weighted by atomic mass is 10.1. The Kier molecular flexibility index (Phi) is 3.45. The van der Waals surface area contributed by atoms with E-state index in [1.165, 1.54) is 18.5 Å². The molecule has 0 bridgehead atoms. The SMILES string of the molecule is CC(C)CC(=O)Nc1cncc(O)c1. The Hall–Kier alpha value is -1.58. The number of rotatable bonds is 3. The summed E-state index contributed by atoms with van der Waals surface area (Å²) in [4.78, 5) is 15.1. The van der Waals surface area contributed by atoms with Crippen LogP contribution in [0.3, 0.4) is 0 Å². The largest absolute Gasteiger partial charge is 0.506 e. The highest BCUT2D eigenvalue weighted by Gasteiger charge is 2.05. The second-order valence-electron chi connectivity index (χ2n) is 3.58. The van der Waals surface area contributed by atoms with E-state index in [1.54, 1.807) is 0 Å². The summed E-state index contributed by atoms with van der Waals surface area (Å²) in [5, 5.41) is 11.7. The van der Waals surface area contributed by atoms with Crippen LogP contribution in [0.1, 0.15) is 20.3 Å². The van der Waals surface area contributed by atoms with Crippen molar-refractivity contribution >= 4 is 11.6 Å². The van der Waals surface area contributed by atoms with Gasteiger partial charge in [-0.25, -0.2) is 0 Å². The maximum atomic E-state index is 11.3. The number of pyridine rings is 1. The molecular weight excluding hydrogens is 180 g/mol. The number of hydrogen-bond donors (Lipinski definition) is 2. The van der Waals surface area contributed by atoms with Crippen LogP contribution in [0.15, 0.2) is 18.5 Å². The molecule has 0 radical (unpaired) electrons. The van der Waals surface area contributed by atoms with E-state index in [4.69, 9.17) is 5.11 Å². The first kappa shape index (κ1) is 10.5. The van der Waals surface area contributed by atoms with E-state index in [1.807, 2.05) is 13.8 Å². The maximum absolute atomic E-state index is 11.3. The number of aromatic nitrogens is 1. The van der Waals surface area contributed by atoms with Crippen LogP contribution < -0.4 is 5.32 Å². The molecule has 0 saturated heterocycles. The minimum Gasteiger partial charge on any atom is -0.506 e. The molecule has 2 N–H and O–H groups in total. The zero-order valence-electron chi connectivity index (χ0n) is 8.32. The van der Waals surface area contributed by atoms with Gasteiger partial charge >= 0.3 is 0 Å². The van der Waals surface area contributed by atoms with E-state index in [0.717, 1.165) is 0 Å². The van der Waals surface area contributed by atoms with Crippen molar-refractivity contribution in [3.05, 3.63) is 18.5 Å². The number of carbonyl (C=O) groups is 1. The van der Waals surface area contributed by atoms with E-state index < -0.39 is 0 Å². The van der Waals surface area contributed by atoms with Crippen LogP contribution in [0.2, 0.25) is 0 Å². The van der Waals surface area contributed by atoms with Gasteiger partial charge in [0, 0.05) is 12.5 Å². The molecular formula is C10H14N2O2. The number of anilines is 1. The Morgan fingerprint density at radius 3 is 2.86 bits per heavy atom. The highest BCUT2D eigenvalue weighted by Crippen LogP contribution is 2.13. The summed E-state index contributed by atoms with van der Waals surface area (Å²) in [6.07, 6.45) is 3.28. The number of nitrogens with one attached hydrogen (secondary N) is 1. The van der Waals surface area contributed by atoms with E-state index in [0.29, 0.717) is 18.0 Å². The molecule has 1 aromatic rings. The van der Waals surface area contributed by atoms with Crippen molar-refractivity contribution in [3.63, 3.8) is 0 Å². The van der Waals surface area contributed by atoms with Gasteiger partial charge in [0.05, 0.1) is 18.1 Å². The van der Waals surface area contributed by atoms with E-state index >= 15 is 0 Å². The molecule has 1 amide bonds. The van der Waals surface area contributed by atoms with Crippen molar-refractivity contribution < 1.29 is 9.90 Å². The van der Waals surface area contributed by atoms with Crippen LogP contribution in [0.25, 0.3) is 0 Å². The molecule has 4 nitrogen and oxygen atoms in total. The summed E-state index contributed by atoms with van der Waals surface area (Å²) in [6, 6.07) is 1.46. The van der Waals surface area contributed by atoms with Gasteiger partial charge < -0.3 is 10.4 Å². The van der Waals surface area contributed by atoms with Crippen molar-refractivity contribution in [3.8, 4) is 5.75 Å². The normalized spacial score (nSPS) is 10.2. The van der Waals surface area contributed by atoms with Gasteiger partial charge in [-0.05, 0) is 5.92 Å². The van der Waals surface area contributed by atoms with Crippen molar-refractivity contribution in [2.45, 2.75) is 20.3 Å². The van der Waals surface area contributed by atoms with Crippen LogP contribution in [0.4, 0.5) is 5.69 Å². The average Bonchev–Trinajstić information content (AvgIpc) is 2.01. The molecule has 0 unspecified atom stereocenters. The summed E-state index contributed by atoms with van der Waals surface area (Å²) in [6.45, 7) is 3.95. The quantitative estimate of drug-likeness (QED) is 0.770. The van der Waals surface area contributed by atoms with Gasteiger partial charge in [0.25, 0.3) is 0 Å². The van der Waals surface area contributed by atoms with Gasteiger partial charge in [0.15, 0.2) is 0 Å². The monoisotopic (exact) mass is 194 g/mol. The molecule has 0 aliphatic heterocycles. The molecule has 0 aliphatic carbocycles. The molecule has 4 heteroatoms. The fourth-order valence-corrected chi connectivity index (χ4v) is 1.08. The highest BCUT2D eigenvalue weighted by molar-refractivity contribution is 5.90. The first-order valence-electron chi connectivity index (χ1n) is 4.52. The van der Waals surface area contributed by atoms with Gasteiger partial charge in [0.2, 0.25) is 5.91 Å². The third-order valence-electron chi connectivity index (χ3n) is 1.60. The van der Waals surface area contributed by atoms with Gasteiger partial charge in [-0.2, -0.15) is 0 Å². The maximum Gasteiger partial charge on any atom is 0.224 e. The first-order valence-corrected chi connectivity index (χ1v) is 4.52. The number of nitrogens with zero attached hydrogens (tertiary/aromatic N) is 1. The fraction of sp³-hybridized carbons (Fsp3) is 0.400. The number of hydrogen-bond acceptors (Lipinski definition) is 3. The lowest BCUT2D eigenvalue weighted by Crippen LogP contribution is -2.13. The standard InChI is InChI=1S/C10H14N2O2/c1-7(2)3-10(14)12-8-4-9(13)6-11-5-8/h4-7,13H,3H2,1-2H3,(H,12,14). The molecule has 14 heavy (non-hydrogen) atoms. The zero-order chi connectivity index (χ0) is 10.6. The van der Waals surface area contributed by atoms with Crippen molar-refractivity contribution in [1.29, 1.82) is 0 Å². The second kappa shape index (κ2) is 4.60. The second-order valence-corrected chi connectivity index (χ2v) is 3.58. The van der Waals surface area contributed by atoms with Crippen molar-refractivity contribution in [2.75, 3.05) is 5.32 Å². The molecule has 0 atom stereocenters. The van der Waals surface area contributed by atoms with Gasteiger partial charge in [-0.1, -0.05) is 13.8 Å². The van der Waals surface area contributed by atoms with Gasteiger partial charge in [-0.15, -0.1) is 0 Å². The smallest absolute Gasteiger partial charge is 0.224 e. The molecule has 0 fully saturated rings. The van der Waals surface area contributed by atoms with Crippen molar-refractivity contribution in [1.82, 2.24) is 4.98 Å². The Bertz CT molecular complexity index is 324. The topological polar surface area (TPSA) is 62.2 Å². The minimum atomic E-state index is -0.0626. The third kappa shape index (κ3) is 3.43. The van der Waals surface area contributed by atoms with E-state index in [9.17, 15) is 4.79 Å². The Labute approximate surface area is 83.0 Å². The predicted octanol–water partition coefficient (Wildman–Crippen LogP) is 1.77. The lowest BCUT2D eigenvalue weighted by Gasteiger charge is -2.06. The lowest BCUT2D eigenvalue weighted by molar-refractivity contribution is -0.116. The van der Waals surface area contributed by atoms with Crippen LogP contribution in [0, 0.1) is 5.92 Å². The molecule has 0 saturated carbocycles. The van der Waals surface area contributed by atoms with Gasteiger partial charge in [-0.3, -0.25) is 9.78 Å². The highest BCUT2D eigenvalue weighted by atomic mass is 16.3. The molecule has 0 aromatic carbocycles. The van der Waals surface area contributed by atoms with Crippen LogP contribution in [-0.4, -0.2) is 16.0 Å². The Balaban J connectivity index is 2.56. The van der Waals surface area contributed by atoms with Crippen LogP contribution in [-0.2, 0) is 4.79 Å². The minimum absolute atomic E-state index is 0.0485. The Morgan fingerprint density at radius 2 is 2.29 bits per heavy atom. The van der Waals surface area contributed by atoms with Crippen LogP contribution in [0.5, 0.6) is 5.75 Å². The van der Waals surface area contributed by atoms with Crippen LogP contribution >= 0.6 is 0 Å². The summed E-state index contributed by atoms with van der Waals surface area (Å²) in [5.41, 5.74) is 0.524. The summed E-state index contributed by atoms with van der Waals surface area (Å²) in [5.74, 6) is 0.306. The fourth-order valence-electron chi connectivity index (χ4n) is 1.08. The number of carbonyl (C=O) groups excluding carboxylic acids is 1. The van der Waals surface area contributed by atoms with E-state index in [2.05, 4.69) is 10.3 Å². The predicted molar refractivity (Wildman–Crippen MR) is 54.0 cm³/mol. The summed E-state index contributed by atoms with van der Waals surface area (Å²) >= 11 is 0. The molecule has 1 rings (SSSR count). The zero-order valence-corrected chi connectivity index (χ0v) is 8.32. The van der Waals surface area contributed by atoms with E-state index in [-0.39, 0.29) is 11.7 Å². The van der Waals surface area contributed by atoms with Crippen molar-refractivity contribution in [2.24, 2.45) is 5.92 Å². The summed E-state index contributed by atoms with van der Waals surface area (Å²) < 4.78 is 0. The molecule has 1 aromatic heterocycles. The summed E-state index contributed by atoms with van der Waals surface area (Å²) in [7, 11) is 0. The number of amides is 1. The number of aromatic hydroxyl groups is 1.